The fraction of sp³-hybridized carbons (Fsp3) is 0.333. The summed E-state index contributed by atoms with van der Waals surface area (Å²) in [5, 5.41) is 13.7. The first-order valence-electron chi connectivity index (χ1n) is 3.53. The predicted molar refractivity (Wildman–Crippen MR) is 48.7 cm³/mol. The fourth-order valence-electron chi connectivity index (χ4n) is 0.970. The molecule has 2 heteroatoms. The summed E-state index contributed by atoms with van der Waals surface area (Å²) in [6.45, 7) is 5.40. The van der Waals surface area contributed by atoms with Crippen LogP contribution in [0.5, 0.6) is 0 Å². The van der Waals surface area contributed by atoms with Crippen molar-refractivity contribution < 1.29 is 5.11 Å². The molecule has 1 atom stereocenters. The Hall–Kier alpha value is -0.600. The topological polar surface area (TPSA) is 20.2 Å². The Bertz CT molecular complexity index is 224. The van der Waals surface area contributed by atoms with Gasteiger partial charge in [0.1, 0.15) is 0 Å². The van der Waals surface area contributed by atoms with Crippen LogP contribution in [0.25, 0.3) is 0 Å². The van der Waals surface area contributed by atoms with E-state index in [1.165, 1.54) is 0 Å². The molecule has 0 radical (unpaired) electrons. The maximum atomic E-state index is 9.81. The summed E-state index contributed by atoms with van der Waals surface area (Å²) < 4.78 is 0. The normalized spacial score (nSPS) is 15.8. The van der Waals surface area contributed by atoms with E-state index in [1.54, 1.807) is 24.3 Å². The van der Waals surface area contributed by atoms with Crippen LogP contribution in [0, 0.1) is 0 Å². The summed E-state index contributed by atoms with van der Waals surface area (Å²) >= 11 is 1.60. The van der Waals surface area contributed by atoms with E-state index in [9.17, 15) is 5.11 Å². The van der Waals surface area contributed by atoms with Gasteiger partial charge in [0.05, 0.1) is 5.60 Å². The van der Waals surface area contributed by atoms with Gasteiger partial charge in [0.2, 0.25) is 0 Å². The Kier molecular flexibility index (Phi) is 2.47. The van der Waals surface area contributed by atoms with Crippen molar-refractivity contribution in [1.82, 2.24) is 0 Å². The van der Waals surface area contributed by atoms with E-state index in [0.29, 0.717) is 6.42 Å². The van der Waals surface area contributed by atoms with Crippen molar-refractivity contribution in [3.05, 3.63) is 35.0 Å². The molecule has 0 saturated heterocycles. The average Bonchev–Trinajstić information content (AvgIpc) is 2.37. The molecular formula is C9H12OS. The molecule has 1 N–H and O–H groups in total. The highest BCUT2D eigenvalue weighted by molar-refractivity contribution is 7.08. The Labute approximate surface area is 71.0 Å². The van der Waals surface area contributed by atoms with E-state index < -0.39 is 5.60 Å². The molecule has 1 aromatic heterocycles. The smallest absolute Gasteiger partial charge is 0.0910 e. The molecule has 1 heterocycles. The molecule has 0 fully saturated rings. The zero-order chi connectivity index (χ0) is 8.32. The van der Waals surface area contributed by atoms with Crippen LogP contribution in [-0.4, -0.2) is 5.11 Å². The Morgan fingerprint density at radius 3 is 3.00 bits per heavy atom. The average molecular weight is 168 g/mol. The maximum Gasteiger partial charge on any atom is 0.0910 e. The summed E-state index contributed by atoms with van der Waals surface area (Å²) in [5.41, 5.74) is 0.240. The van der Waals surface area contributed by atoms with Gasteiger partial charge >= 0.3 is 0 Å². The van der Waals surface area contributed by atoms with E-state index >= 15 is 0 Å². The summed E-state index contributed by atoms with van der Waals surface area (Å²) in [5.74, 6) is 0. The van der Waals surface area contributed by atoms with Gasteiger partial charge in [0.15, 0.2) is 0 Å². The van der Waals surface area contributed by atoms with Crippen molar-refractivity contribution >= 4 is 11.3 Å². The quantitative estimate of drug-likeness (QED) is 0.688. The Morgan fingerprint density at radius 1 is 1.82 bits per heavy atom. The Morgan fingerprint density at radius 2 is 2.55 bits per heavy atom. The van der Waals surface area contributed by atoms with Crippen LogP contribution in [-0.2, 0) is 5.60 Å². The molecule has 0 aromatic carbocycles. The first-order valence-corrected chi connectivity index (χ1v) is 4.47. The van der Waals surface area contributed by atoms with Crippen molar-refractivity contribution in [1.29, 1.82) is 0 Å². The highest BCUT2D eigenvalue weighted by atomic mass is 32.1. The predicted octanol–water partition coefficient (Wildman–Crippen LogP) is 2.53. The lowest BCUT2D eigenvalue weighted by atomic mass is 9.95. The van der Waals surface area contributed by atoms with Gasteiger partial charge in [-0.15, -0.1) is 6.58 Å². The molecule has 1 nitrogen and oxygen atoms in total. The van der Waals surface area contributed by atoms with Crippen molar-refractivity contribution in [3.8, 4) is 0 Å². The van der Waals surface area contributed by atoms with E-state index in [2.05, 4.69) is 6.58 Å². The summed E-state index contributed by atoms with van der Waals surface area (Å²) in [6.07, 6.45) is 2.33. The molecule has 60 valence electrons. The monoisotopic (exact) mass is 168 g/mol. The van der Waals surface area contributed by atoms with Crippen molar-refractivity contribution in [2.75, 3.05) is 0 Å². The third-order valence-corrected chi connectivity index (χ3v) is 2.37. The van der Waals surface area contributed by atoms with Crippen molar-refractivity contribution in [2.45, 2.75) is 18.9 Å². The van der Waals surface area contributed by atoms with Crippen LogP contribution in [0.3, 0.4) is 0 Å². The second-order valence-electron chi connectivity index (χ2n) is 2.78. The van der Waals surface area contributed by atoms with E-state index in [0.717, 1.165) is 5.56 Å². The number of hydrogen-bond acceptors (Lipinski definition) is 2. The van der Waals surface area contributed by atoms with Crippen LogP contribution in [0.2, 0.25) is 0 Å². The molecular weight excluding hydrogens is 156 g/mol. The second-order valence-corrected chi connectivity index (χ2v) is 3.56. The van der Waals surface area contributed by atoms with Gasteiger partial charge in [-0.1, -0.05) is 6.08 Å². The number of hydrogen-bond donors (Lipinski definition) is 1. The van der Waals surface area contributed by atoms with Crippen molar-refractivity contribution in [2.24, 2.45) is 0 Å². The largest absolute Gasteiger partial charge is 0.385 e. The molecule has 0 aliphatic carbocycles. The summed E-state index contributed by atoms with van der Waals surface area (Å²) in [6, 6.07) is 1.94. The lowest BCUT2D eigenvalue weighted by Gasteiger charge is -2.19. The number of rotatable bonds is 3. The summed E-state index contributed by atoms with van der Waals surface area (Å²) in [4.78, 5) is 0. The molecule has 0 spiro atoms. The van der Waals surface area contributed by atoms with Crippen LogP contribution >= 0.6 is 11.3 Å². The minimum atomic E-state index is -0.734. The zero-order valence-electron chi connectivity index (χ0n) is 6.58. The standard InChI is InChI=1S/C9H12OS/c1-3-5-9(2,10)8-4-6-11-7-8/h3-4,6-7,10H,1,5H2,2H3/t9-/m0/s1. The number of aliphatic hydroxyl groups is 1. The lowest BCUT2D eigenvalue weighted by Crippen LogP contribution is -2.18. The maximum absolute atomic E-state index is 9.81. The van der Waals surface area contributed by atoms with Gasteiger partial charge in [-0.2, -0.15) is 11.3 Å². The van der Waals surface area contributed by atoms with E-state index in [1.807, 2.05) is 16.8 Å². The van der Waals surface area contributed by atoms with Gasteiger partial charge in [-0.25, -0.2) is 0 Å². The first kappa shape index (κ1) is 8.50. The van der Waals surface area contributed by atoms with Crippen molar-refractivity contribution in [3.63, 3.8) is 0 Å². The Balaban J connectivity index is 2.81. The van der Waals surface area contributed by atoms with Crippen LogP contribution in [0.1, 0.15) is 18.9 Å². The number of thiophene rings is 1. The first-order chi connectivity index (χ1) is 5.17. The van der Waals surface area contributed by atoms with Crippen LogP contribution < -0.4 is 0 Å². The van der Waals surface area contributed by atoms with Crippen LogP contribution in [0.15, 0.2) is 29.5 Å². The molecule has 0 aliphatic heterocycles. The third kappa shape index (κ3) is 1.91. The van der Waals surface area contributed by atoms with Gasteiger partial charge in [0.25, 0.3) is 0 Å². The highest BCUT2D eigenvalue weighted by Gasteiger charge is 2.20. The third-order valence-electron chi connectivity index (χ3n) is 1.68. The minimum absolute atomic E-state index is 0.601. The lowest BCUT2D eigenvalue weighted by molar-refractivity contribution is 0.0611. The van der Waals surface area contributed by atoms with Crippen LogP contribution in [0.4, 0.5) is 0 Å². The SMILES string of the molecule is C=CC[C@](C)(O)c1ccsc1. The molecule has 0 aliphatic rings. The second kappa shape index (κ2) is 3.20. The molecule has 0 unspecified atom stereocenters. The van der Waals surface area contributed by atoms with Gasteiger partial charge in [-0.05, 0) is 35.7 Å². The minimum Gasteiger partial charge on any atom is -0.385 e. The van der Waals surface area contributed by atoms with E-state index in [4.69, 9.17) is 0 Å². The van der Waals surface area contributed by atoms with Gasteiger partial charge in [-0.3, -0.25) is 0 Å². The fourth-order valence-corrected chi connectivity index (χ4v) is 1.75. The van der Waals surface area contributed by atoms with Gasteiger partial charge in [0, 0.05) is 0 Å². The zero-order valence-corrected chi connectivity index (χ0v) is 7.40. The molecule has 0 saturated carbocycles. The molecule has 1 rings (SSSR count). The molecule has 1 aromatic rings. The molecule has 0 amide bonds. The van der Waals surface area contributed by atoms with Gasteiger partial charge < -0.3 is 5.11 Å². The summed E-state index contributed by atoms with van der Waals surface area (Å²) in [7, 11) is 0. The molecule has 11 heavy (non-hydrogen) atoms. The van der Waals surface area contributed by atoms with E-state index in [-0.39, 0.29) is 0 Å². The molecule has 0 bridgehead atoms. The highest BCUT2D eigenvalue weighted by Crippen LogP contribution is 2.26.